The molecular formula is C17H24N4OS. The van der Waals surface area contributed by atoms with Crippen LogP contribution in [0, 0.1) is 6.92 Å². The molecule has 1 aliphatic heterocycles. The largest absolute Gasteiger partial charge is 0.389 e. The van der Waals surface area contributed by atoms with Gasteiger partial charge in [0.1, 0.15) is 0 Å². The van der Waals surface area contributed by atoms with Gasteiger partial charge in [0.2, 0.25) is 0 Å². The van der Waals surface area contributed by atoms with E-state index in [4.69, 9.17) is 0 Å². The van der Waals surface area contributed by atoms with Crippen molar-refractivity contribution in [3.8, 4) is 5.82 Å². The van der Waals surface area contributed by atoms with E-state index < -0.39 is 5.60 Å². The Labute approximate surface area is 141 Å². The monoisotopic (exact) mass is 332 g/mol. The molecule has 2 aromatic heterocycles. The molecule has 1 unspecified atom stereocenters. The van der Waals surface area contributed by atoms with Crippen molar-refractivity contribution < 1.29 is 5.11 Å². The summed E-state index contributed by atoms with van der Waals surface area (Å²) < 4.78 is 1.86. The van der Waals surface area contributed by atoms with E-state index in [1.165, 1.54) is 0 Å². The van der Waals surface area contributed by atoms with Crippen LogP contribution >= 0.6 is 11.8 Å². The Morgan fingerprint density at radius 1 is 1.39 bits per heavy atom. The topological polar surface area (TPSA) is 63.0 Å². The third kappa shape index (κ3) is 3.76. The van der Waals surface area contributed by atoms with Gasteiger partial charge in [-0.05, 0) is 50.3 Å². The normalized spacial score (nSPS) is 18.7. The van der Waals surface area contributed by atoms with Crippen LogP contribution in [0.1, 0.15) is 37.1 Å². The van der Waals surface area contributed by atoms with Crippen LogP contribution in [0.25, 0.3) is 5.82 Å². The number of pyridine rings is 1. The summed E-state index contributed by atoms with van der Waals surface area (Å²) in [7, 11) is 0. The van der Waals surface area contributed by atoms with Crippen molar-refractivity contribution in [1.29, 1.82) is 0 Å². The molecule has 0 saturated carbocycles. The molecule has 0 aromatic carbocycles. The van der Waals surface area contributed by atoms with Crippen LogP contribution in [0.4, 0.5) is 0 Å². The minimum Gasteiger partial charge on any atom is -0.389 e. The molecule has 0 aliphatic carbocycles. The molecular weight excluding hydrogens is 308 g/mol. The van der Waals surface area contributed by atoms with Gasteiger partial charge in [0, 0.05) is 30.0 Å². The molecule has 0 radical (unpaired) electrons. The van der Waals surface area contributed by atoms with Crippen molar-refractivity contribution in [2.45, 2.75) is 38.3 Å². The summed E-state index contributed by atoms with van der Waals surface area (Å²) in [4.78, 5) is 4.35. The molecule has 6 heteroatoms. The summed E-state index contributed by atoms with van der Waals surface area (Å²) in [6.45, 7) is 4.80. The van der Waals surface area contributed by atoms with E-state index in [1.54, 1.807) is 6.20 Å². The van der Waals surface area contributed by atoms with E-state index in [0.717, 1.165) is 41.4 Å². The van der Waals surface area contributed by atoms with Gasteiger partial charge in [0.15, 0.2) is 5.82 Å². The first kappa shape index (κ1) is 16.5. The van der Waals surface area contributed by atoms with Gasteiger partial charge in [-0.15, -0.1) is 0 Å². The van der Waals surface area contributed by atoms with Crippen LogP contribution in [0.15, 0.2) is 30.6 Å². The second-order valence-corrected chi connectivity index (χ2v) is 7.45. The van der Waals surface area contributed by atoms with Crippen molar-refractivity contribution >= 4 is 11.8 Å². The third-order valence-corrected chi connectivity index (χ3v) is 5.53. The van der Waals surface area contributed by atoms with E-state index in [2.05, 4.69) is 29.2 Å². The van der Waals surface area contributed by atoms with Gasteiger partial charge in [0.05, 0.1) is 11.8 Å². The zero-order valence-corrected chi connectivity index (χ0v) is 14.5. The van der Waals surface area contributed by atoms with E-state index in [9.17, 15) is 5.11 Å². The summed E-state index contributed by atoms with van der Waals surface area (Å²) in [6, 6.07) is 5.95. The van der Waals surface area contributed by atoms with E-state index in [-0.39, 0.29) is 6.04 Å². The minimum atomic E-state index is -0.565. The van der Waals surface area contributed by atoms with Crippen molar-refractivity contribution in [3.05, 3.63) is 41.9 Å². The summed E-state index contributed by atoms with van der Waals surface area (Å²) in [5, 5.41) is 18.6. The Hall–Kier alpha value is -1.37. The van der Waals surface area contributed by atoms with Crippen molar-refractivity contribution in [2.24, 2.45) is 0 Å². The predicted molar refractivity (Wildman–Crippen MR) is 94.0 cm³/mol. The average molecular weight is 332 g/mol. The van der Waals surface area contributed by atoms with Crippen LogP contribution in [0.5, 0.6) is 0 Å². The lowest BCUT2D eigenvalue weighted by Crippen LogP contribution is -2.44. The van der Waals surface area contributed by atoms with Crippen LogP contribution in [-0.4, -0.2) is 43.5 Å². The Morgan fingerprint density at radius 3 is 2.87 bits per heavy atom. The number of thioether (sulfide) groups is 1. The van der Waals surface area contributed by atoms with Gasteiger partial charge >= 0.3 is 0 Å². The van der Waals surface area contributed by atoms with Gasteiger partial charge < -0.3 is 10.4 Å². The van der Waals surface area contributed by atoms with E-state index >= 15 is 0 Å². The fourth-order valence-electron chi connectivity index (χ4n) is 2.94. The Kier molecular flexibility index (Phi) is 5.04. The fourth-order valence-corrected chi connectivity index (χ4v) is 4.19. The highest BCUT2D eigenvalue weighted by Gasteiger charge is 2.30. The molecule has 2 aromatic rings. The Bertz CT molecular complexity index is 637. The number of nitrogens with one attached hydrogen (secondary N) is 1. The molecule has 3 heterocycles. The van der Waals surface area contributed by atoms with Crippen LogP contribution in [0.3, 0.4) is 0 Å². The minimum absolute atomic E-state index is 0.145. The molecule has 1 fully saturated rings. The first-order valence-electron chi connectivity index (χ1n) is 8.08. The molecule has 0 spiro atoms. The quantitative estimate of drug-likeness (QED) is 0.881. The van der Waals surface area contributed by atoms with Crippen LogP contribution in [0.2, 0.25) is 0 Å². The maximum atomic E-state index is 10.6. The number of aliphatic hydroxyl groups is 1. The van der Waals surface area contributed by atoms with Crippen LogP contribution < -0.4 is 5.32 Å². The zero-order valence-electron chi connectivity index (χ0n) is 13.7. The molecule has 2 N–H and O–H groups in total. The first-order chi connectivity index (χ1) is 11.1. The molecule has 23 heavy (non-hydrogen) atoms. The van der Waals surface area contributed by atoms with Gasteiger partial charge in [-0.2, -0.15) is 16.9 Å². The number of nitrogens with zero attached hydrogens (tertiary/aromatic N) is 3. The first-order valence-corrected chi connectivity index (χ1v) is 9.24. The molecule has 1 atom stereocenters. The van der Waals surface area contributed by atoms with Crippen LogP contribution in [-0.2, 0) is 0 Å². The molecule has 1 saturated heterocycles. The van der Waals surface area contributed by atoms with Gasteiger partial charge in [-0.1, -0.05) is 6.07 Å². The summed E-state index contributed by atoms with van der Waals surface area (Å²) in [6.07, 6.45) is 5.39. The molecule has 5 nitrogen and oxygen atoms in total. The number of hydrogen-bond donors (Lipinski definition) is 2. The molecule has 3 rings (SSSR count). The summed E-state index contributed by atoms with van der Waals surface area (Å²) >= 11 is 1.92. The zero-order chi connectivity index (χ0) is 16.3. The predicted octanol–water partition coefficient (Wildman–Crippen LogP) is 2.48. The molecule has 0 bridgehead atoms. The molecule has 0 amide bonds. The highest BCUT2D eigenvalue weighted by atomic mass is 32.2. The van der Waals surface area contributed by atoms with E-state index in [0.29, 0.717) is 6.54 Å². The lowest BCUT2D eigenvalue weighted by atomic mass is 9.96. The molecule has 124 valence electrons. The third-order valence-electron chi connectivity index (χ3n) is 4.54. The maximum absolute atomic E-state index is 10.6. The van der Waals surface area contributed by atoms with Gasteiger partial charge in [-0.25, -0.2) is 9.67 Å². The highest BCUT2D eigenvalue weighted by molar-refractivity contribution is 7.99. The van der Waals surface area contributed by atoms with Crippen molar-refractivity contribution in [1.82, 2.24) is 20.1 Å². The second-order valence-electron chi connectivity index (χ2n) is 6.22. The fraction of sp³-hybridized carbons (Fsp3) is 0.529. The van der Waals surface area contributed by atoms with Crippen molar-refractivity contribution in [3.63, 3.8) is 0 Å². The summed E-state index contributed by atoms with van der Waals surface area (Å²) in [5.74, 6) is 2.92. The number of hydrogen-bond acceptors (Lipinski definition) is 5. The SMILES string of the molecule is Cc1c(C(C)NCC2(O)CCSCC2)cnn1-c1ccccn1. The lowest BCUT2D eigenvalue weighted by Gasteiger charge is -2.33. The maximum Gasteiger partial charge on any atom is 0.153 e. The number of rotatable bonds is 5. The summed E-state index contributed by atoms with van der Waals surface area (Å²) in [5.41, 5.74) is 1.66. The Balaban J connectivity index is 1.68. The highest BCUT2D eigenvalue weighted by Crippen LogP contribution is 2.27. The second kappa shape index (κ2) is 7.03. The lowest BCUT2D eigenvalue weighted by molar-refractivity contribution is 0.0300. The standard InChI is InChI=1S/C17H24N4OS/c1-13(19-12-17(22)6-9-23-10-7-17)15-11-20-21(14(15)2)16-5-3-4-8-18-16/h3-5,8,11,13,19,22H,6-7,9-10,12H2,1-2H3. The average Bonchev–Trinajstić information content (AvgIpc) is 2.96. The number of aromatic nitrogens is 3. The van der Waals surface area contributed by atoms with Gasteiger partial charge in [0.25, 0.3) is 0 Å². The van der Waals surface area contributed by atoms with Gasteiger partial charge in [-0.3, -0.25) is 0 Å². The molecule has 1 aliphatic rings. The van der Waals surface area contributed by atoms with Crippen molar-refractivity contribution in [2.75, 3.05) is 18.1 Å². The Morgan fingerprint density at radius 2 is 2.17 bits per heavy atom. The smallest absolute Gasteiger partial charge is 0.153 e. The van der Waals surface area contributed by atoms with E-state index in [1.807, 2.05) is 40.8 Å².